The molecular formula is C26H25BrCl4N2O3. The summed E-state index contributed by atoms with van der Waals surface area (Å²) in [6.45, 7) is 1.34. The number of aromatic nitrogens is 2. The predicted molar refractivity (Wildman–Crippen MR) is 140 cm³/mol. The number of aliphatic hydroxyl groups is 1. The SMILES string of the molecule is O.OC(C[n+]1ccn(CC(OCc2ccc(Cl)cc2)c2ccc(Cl)cc2Cl)c1)c1ccc(Cl)cc1.[Br-]. The quantitative estimate of drug-likeness (QED) is 0.287. The molecular weight excluding hydrogens is 610 g/mol. The molecule has 0 fully saturated rings. The van der Waals surface area contributed by atoms with E-state index in [9.17, 15) is 5.11 Å². The van der Waals surface area contributed by atoms with E-state index >= 15 is 0 Å². The maximum atomic E-state index is 10.6. The Morgan fingerprint density at radius 3 is 2.11 bits per heavy atom. The van der Waals surface area contributed by atoms with Gasteiger partial charge in [-0.05, 0) is 47.5 Å². The number of ether oxygens (including phenoxy) is 1. The van der Waals surface area contributed by atoms with Crippen molar-refractivity contribution in [1.82, 2.24) is 4.57 Å². The number of hydrogen-bond donors (Lipinski definition) is 1. The zero-order chi connectivity index (χ0) is 24.1. The van der Waals surface area contributed by atoms with Crippen molar-refractivity contribution < 1.29 is 36.9 Å². The van der Waals surface area contributed by atoms with Crippen LogP contribution in [0, 0.1) is 0 Å². The molecule has 4 aromatic rings. The summed E-state index contributed by atoms with van der Waals surface area (Å²) in [4.78, 5) is 0. The van der Waals surface area contributed by atoms with Crippen LogP contribution in [0.1, 0.15) is 28.9 Å². The van der Waals surface area contributed by atoms with Crippen molar-refractivity contribution in [2.45, 2.75) is 31.9 Å². The fourth-order valence-electron chi connectivity index (χ4n) is 3.62. The molecule has 4 rings (SSSR count). The van der Waals surface area contributed by atoms with Gasteiger partial charge in [-0.2, -0.15) is 0 Å². The average molecular weight is 635 g/mol. The van der Waals surface area contributed by atoms with Crippen LogP contribution in [0.25, 0.3) is 0 Å². The fourth-order valence-corrected chi connectivity index (χ4v) is 4.40. The summed E-state index contributed by atoms with van der Waals surface area (Å²) in [6, 6.07) is 20.2. The zero-order valence-electron chi connectivity index (χ0n) is 19.0. The molecule has 0 bridgehead atoms. The summed E-state index contributed by atoms with van der Waals surface area (Å²) in [7, 11) is 0. The van der Waals surface area contributed by atoms with E-state index in [1.54, 1.807) is 24.3 Å². The van der Waals surface area contributed by atoms with Gasteiger partial charge in [-0.15, -0.1) is 0 Å². The summed E-state index contributed by atoms with van der Waals surface area (Å²) < 4.78 is 10.2. The lowest BCUT2D eigenvalue weighted by molar-refractivity contribution is -0.704. The molecule has 0 radical (unpaired) electrons. The largest absolute Gasteiger partial charge is 1.00 e. The molecule has 2 unspecified atom stereocenters. The second-order valence-electron chi connectivity index (χ2n) is 7.97. The average Bonchev–Trinajstić information content (AvgIpc) is 3.25. The molecule has 10 heteroatoms. The van der Waals surface area contributed by atoms with E-state index in [1.165, 1.54) is 0 Å². The smallest absolute Gasteiger partial charge is 0.243 e. The Balaban J connectivity index is 0.00000228. The summed E-state index contributed by atoms with van der Waals surface area (Å²) >= 11 is 24.6. The molecule has 0 aliphatic carbocycles. The van der Waals surface area contributed by atoms with Gasteiger partial charge in [0.05, 0.1) is 6.61 Å². The topological polar surface area (TPSA) is 69.8 Å². The molecule has 5 nitrogen and oxygen atoms in total. The van der Waals surface area contributed by atoms with Crippen LogP contribution in [0.3, 0.4) is 0 Å². The van der Waals surface area contributed by atoms with E-state index in [2.05, 4.69) is 0 Å². The predicted octanol–water partition coefficient (Wildman–Crippen LogP) is 3.26. The molecule has 1 aromatic heterocycles. The number of halogens is 5. The number of aliphatic hydroxyl groups excluding tert-OH is 1. The van der Waals surface area contributed by atoms with Crippen LogP contribution in [-0.2, 0) is 24.4 Å². The lowest BCUT2D eigenvalue weighted by Gasteiger charge is -2.18. The first-order chi connectivity index (χ1) is 16.4. The van der Waals surface area contributed by atoms with Gasteiger partial charge < -0.3 is 32.3 Å². The molecule has 0 saturated carbocycles. The number of hydrogen-bond acceptors (Lipinski definition) is 2. The van der Waals surface area contributed by atoms with Crippen LogP contribution in [0.2, 0.25) is 20.1 Å². The highest BCUT2D eigenvalue weighted by Gasteiger charge is 2.21. The van der Waals surface area contributed by atoms with Crippen molar-refractivity contribution in [2.24, 2.45) is 0 Å². The summed E-state index contributed by atoms with van der Waals surface area (Å²) in [6.07, 6.45) is 4.82. The monoisotopic (exact) mass is 632 g/mol. The van der Waals surface area contributed by atoms with Gasteiger partial charge in [-0.1, -0.05) is 76.7 Å². The molecule has 0 aliphatic rings. The van der Waals surface area contributed by atoms with Crippen molar-refractivity contribution in [3.8, 4) is 0 Å². The number of benzene rings is 3. The first-order valence-corrected chi connectivity index (χ1v) is 12.2. The van der Waals surface area contributed by atoms with Crippen LogP contribution in [0.4, 0.5) is 0 Å². The molecule has 0 saturated heterocycles. The van der Waals surface area contributed by atoms with Gasteiger partial charge in [0.25, 0.3) is 0 Å². The van der Waals surface area contributed by atoms with E-state index in [4.69, 9.17) is 51.1 Å². The van der Waals surface area contributed by atoms with Crippen LogP contribution in [0.15, 0.2) is 85.5 Å². The van der Waals surface area contributed by atoms with Crippen molar-refractivity contribution in [3.05, 3.63) is 122 Å². The Kier molecular flexibility index (Phi) is 12.2. The van der Waals surface area contributed by atoms with E-state index in [-0.39, 0.29) is 28.6 Å². The Morgan fingerprint density at radius 1 is 0.861 bits per heavy atom. The van der Waals surface area contributed by atoms with Gasteiger partial charge in [0.1, 0.15) is 37.7 Å². The minimum absolute atomic E-state index is 0. The van der Waals surface area contributed by atoms with E-state index in [0.29, 0.717) is 39.8 Å². The maximum Gasteiger partial charge on any atom is 0.243 e. The standard InChI is InChI=1S/C26H23Cl4N2O2.BrH.H2O/c27-20-5-1-18(2-6-20)16-34-26(23-10-9-22(29)13-24(23)30)15-32-12-11-31(17-32)14-25(33)19-3-7-21(28)8-4-19;;/h1-13,17,25-26,33H,14-16H2;1H;1H2/q+1;;/p-1. The van der Waals surface area contributed by atoms with Gasteiger partial charge in [0.15, 0.2) is 0 Å². The Bertz CT molecular complexity index is 1240. The summed E-state index contributed by atoms with van der Waals surface area (Å²) in [5, 5.41) is 13.0. The van der Waals surface area contributed by atoms with Gasteiger partial charge in [-0.3, -0.25) is 0 Å². The first kappa shape index (κ1) is 30.6. The Labute approximate surface area is 240 Å². The third-order valence-electron chi connectivity index (χ3n) is 5.44. The highest BCUT2D eigenvalue weighted by atomic mass is 79.9. The first-order valence-electron chi connectivity index (χ1n) is 10.7. The van der Waals surface area contributed by atoms with Crippen molar-refractivity contribution in [2.75, 3.05) is 0 Å². The fraction of sp³-hybridized carbons (Fsp3) is 0.192. The third-order valence-corrected chi connectivity index (χ3v) is 6.50. The number of rotatable bonds is 9. The molecule has 3 aromatic carbocycles. The molecule has 192 valence electrons. The normalized spacial score (nSPS) is 12.4. The van der Waals surface area contributed by atoms with Gasteiger partial charge >= 0.3 is 0 Å². The Hall–Kier alpha value is -1.61. The van der Waals surface area contributed by atoms with Crippen LogP contribution in [0.5, 0.6) is 0 Å². The highest BCUT2D eigenvalue weighted by molar-refractivity contribution is 6.35. The van der Waals surface area contributed by atoms with Gasteiger partial charge in [0, 0.05) is 25.7 Å². The molecule has 0 spiro atoms. The van der Waals surface area contributed by atoms with E-state index < -0.39 is 6.10 Å². The minimum Gasteiger partial charge on any atom is -1.00 e. The molecule has 36 heavy (non-hydrogen) atoms. The lowest BCUT2D eigenvalue weighted by Crippen LogP contribution is -3.00. The van der Waals surface area contributed by atoms with E-state index in [0.717, 1.165) is 16.7 Å². The van der Waals surface area contributed by atoms with Gasteiger partial charge in [-0.25, -0.2) is 9.13 Å². The second kappa shape index (κ2) is 14.4. The summed E-state index contributed by atoms with van der Waals surface area (Å²) in [5.74, 6) is 0. The molecule has 0 aliphatic heterocycles. The minimum atomic E-state index is -0.652. The Morgan fingerprint density at radius 2 is 1.47 bits per heavy atom. The second-order valence-corrected chi connectivity index (χ2v) is 9.68. The van der Waals surface area contributed by atoms with Crippen LogP contribution < -0.4 is 21.5 Å². The molecule has 0 amide bonds. The molecule has 1 heterocycles. The zero-order valence-corrected chi connectivity index (χ0v) is 23.6. The molecule has 2 atom stereocenters. The van der Waals surface area contributed by atoms with Crippen LogP contribution in [-0.4, -0.2) is 15.1 Å². The van der Waals surface area contributed by atoms with Gasteiger partial charge in [0.2, 0.25) is 6.33 Å². The summed E-state index contributed by atoms with van der Waals surface area (Å²) in [5.41, 5.74) is 2.66. The van der Waals surface area contributed by atoms with Crippen molar-refractivity contribution >= 4 is 46.4 Å². The highest BCUT2D eigenvalue weighted by Crippen LogP contribution is 2.30. The number of nitrogens with zero attached hydrogens (tertiary/aromatic N) is 2. The number of imidazole rings is 1. The van der Waals surface area contributed by atoms with E-state index in [1.807, 2.05) is 70.3 Å². The van der Waals surface area contributed by atoms with Crippen LogP contribution >= 0.6 is 46.4 Å². The van der Waals surface area contributed by atoms with Crippen molar-refractivity contribution in [3.63, 3.8) is 0 Å². The molecule has 3 N–H and O–H groups in total. The third kappa shape index (κ3) is 8.47. The van der Waals surface area contributed by atoms with Crippen molar-refractivity contribution in [1.29, 1.82) is 0 Å². The lowest BCUT2D eigenvalue weighted by atomic mass is 10.1. The maximum absolute atomic E-state index is 10.6.